The first kappa shape index (κ1) is 29.0. The molecule has 6 aromatic carbocycles. The van der Waals surface area contributed by atoms with Crippen LogP contribution in [0.3, 0.4) is 0 Å². The van der Waals surface area contributed by atoms with Crippen LogP contribution in [0.5, 0.6) is 0 Å². The largest absolute Gasteiger partial charge is 0.207 e. The van der Waals surface area contributed by atoms with E-state index in [1.165, 1.54) is 48.5 Å². The van der Waals surface area contributed by atoms with E-state index in [1.54, 1.807) is 48.5 Å². The third kappa shape index (κ3) is 6.62. The standard InChI is InChI=1S/C37H26F4P2/c38-28-9-17-32(18-10-28)42(33-19-11-29(39)12-20-33)36-7-3-1-5-26(36)25-27-6-2-4-8-37(27)43(34-21-13-30(40)14-22-34)35-23-15-31(41)16-24-35/h1-24H,25H2. The van der Waals surface area contributed by atoms with Gasteiger partial charge in [-0.15, -0.1) is 0 Å². The Labute approximate surface area is 251 Å². The predicted molar refractivity (Wildman–Crippen MR) is 173 cm³/mol. The van der Waals surface area contributed by atoms with Crippen molar-refractivity contribution in [3.05, 3.63) is 180 Å². The smallest absolute Gasteiger partial charge is 0.123 e. The zero-order chi connectivity index (χ0) is 29.8. The maximum atomic E-state index is 13.9. The van der Waals surface area contributed by atoms with Crippen LogP contribution in [0.2, 0.25) is 0 Å². The van der Waals surface area contributed by atoms with Gasteiger partial charge < -0.3 is 0 Å². The summed E-state index contributed by atoms with van der Waals surface area (Å²) in [6.45, 7) is 0. The lowest BCUT2D eigenvalue weighted by atomic mass is 10.1. The zero-order valence-corrected chi connectivity index (χ0v) is 24.8. The Kier molecular flexibility index (Phi) is 8.79. The molecule has 0 atom stereocenters. The van der Waals surface area contributed by atoms with Crippen molar-refractivity contribution in [1.29, 1.82) is 0 Å². The first-order valence-corrected chi connectivity index (χ1v) is 16.4. The van der Waals surface area contributed by atoms with E-state index in [1.807, 2.05) is 24.3 Å². The number of benzene rings is 6. The van der Waals surface area contributed by atoms with Gasteiger partial charge in [-0.05, 0) is 114 Å². The van der Waals surface area contributed by atoms with Crippen LogP contribution in [0, 0.1) is 23.3 Å². The van der Waals surface area contributed by atoms with E-state index in [4.69, 9.17) is 0 Å². The molecule has 0 aliphatic rings. The van der Waals surface area contributed by atoms with Crippen LogP contribution in [0.1, 0.15) is 11.1 Å². The van der Waals surface area contributed by atoms with Crippen LogP contribution in [-0.2, 0) is 6.42 Å². The summed E-state index contributed by atoms with van der Waals surface area (Å²) in [6.07, 6.45) is 0.606. The van der Waals surface area contributed by atoms with Crippen LogP contribution in [-0.4, -0.2) is 0 Å². The minimum Gasteiger partial charge on any atom is -0.207 e. The Morgan fingerprint density at radius 3 is 0.860 bits per heavy atom. The SMILES string of the molecule is Fc1ccc(P(c2ccc(F)cc2)c2ccccc2Cc2ccccc2P(c2ccc(F)cc2)c2ccc(F)cc2)cc1. The van der Waals surface area contributed by atoms with Crippen molar-refractivity contribution in [2.45, 2.75) is 6.42 Å². The summed E-state index contributed by atoms with van der Waals surface area (Å²) in [4.78, 5) is 0. The summed E-state index contributed by atoms with van der Waals surface area (Å²) in [7, 11) is -2.24. The lowest BCUT2D eigenvalue weighted by molar-refractivity contribution is 0.628. The van der Waals surface area contributed by atoms with Gasteiger partial charge in [0.25, 0.3) is 0 Å². The Bertz CT molecular complexity index is 1590. The van der Waals surface area contributed by atoms with Gasteiger partial charge in [0.1, 0.15) is 23.3 Å². The highest BCUT2D eigenvalue weighted by atomic mass is 31.1. The quantitative estimate of drug-likeness (QED) is 0.125. The third-order valence-electron chi connectivity index (χ3n) is 7.19. The summed E-state index contributed by atoms with van der Waals surface area (Å²) in [5.41, 5.74) is 2.20. The number of hydrogen-bond acceptors (Lipinski definition) is 0. The minimum atomic E-state index is -1.12. The third-order valence-corrected chi connectivity index (χ3v) is 12.3. The number of halogens is 4. The Morgan fingerprint density at radius 1 is 0.326 bits per heavy atom. The molecule has 43 heavy (non-hydrogen) atoms. The molecule has 0 radical (unpaired) electrons. The number of hydrogen-bond donors (Lipinski definition) is 0. The second-order valence-corrected chi connectivity index (χ2v) is 14.4. The Balaban J connectivity index is 1.47. The molecule has 212 valence electrons. The van der Waals surface area contributed by atoms with Gasteiger partial charge in [-0.1, -0.05) is 97.1 Å². The predicted octanol–water partition coefficient (Wildman–Crippen LogP) is 7.35. The van der Waals surface area contributed by atoms with Gasteiger partial charge in [0.05, 0.1) is 0 Å². The molecule has 0 aliphatic heterocycles. The Morgan fingerprint density at radius 2 is 0.581 bits per heavy atom. The van der Waals surface area contributed by atoms with Crippen molar-refractivity contribution in [1.82, 2.24) is 0 Å². The lowest BCUT2D eigenvalue weighted by Gasteiger charge is -2.25. The van der Waals surface area contributed by atoms with Crippen molar-refractivity contribution >= 4 is 47.7 Å². The topological polar surface area (TPSA) is 0 Å². The van der Waals surface area contributed by atoms with E-state index in [0.29, 0.717) is 6.42 Å². The molecule has 0 fully saturated rings. The van der Waals surface area contributed by atoms with E-state index in [9.17, 15) is 17.6 Å². The molecule has 6 heteroatoms. The van der Waals surface area contributed by atoms with E-state index in [-0.39, 0.29) is 23.3 Å². The van der Waals surface area contributed by atoms with Crippen LogP contribution in [0.4, 0.5) is 17.6 Å². The molecule has 0 saturated heterocycles. The second-order valence-electron chi connectivity index (χ2n) is 10.0. The van der Waals surface area contributed by atoms with Gasteiger partial charge in [0, 0.05) is 0 Å². The average molecular weight is 609 g/mol. The van der Waals surface area contributed by atoms with Gasteiger partial charge >= 0.3 is 0 Å². The minimum absolute atomic E-state index is 0.310. The van der Waals surface area contributed by atoms with Crippen LogP contribution in [0.25, 0.3) is 0 Å². The Hall–Kier alpha value is -4.10. The summed E-state index contributed by atoms with van der Waals surface area (Å²) >= 11 is 0. The van der Waals surface area contributed by atoms with Gasteiger partial charge in [0.2, 0.25) is 0 Å². The molecule has 0 heterocycles. The molecule has 0 bridgehead atoms. The van der Waals surface area contributed by atoms with Crippen molar-refractivity contribution in [3.63, 3.8) is 0 Å². The number of rotatable bonds is 8. The highest BCUT2D eigenvalue weighted by Crippen LogP contribution is 2.37. The molecule has 6 rings (SSSR count). The van der Waals surface area contributed by atoms with Crippen LogP contribution < -0.4 is 31.8 Å². The molecular weight excluding hydrogens is 582 g/mol. The van der Waals surface area contributed by atoms with E-state index >= 15 is 0 Å². The molecular formula is C37H26F4P2. The van der Waals surface area contributed by atoms with Gasteiger partial charge in [-0.25, -0.2) is 17.6 Å². The van der Waals surface area contributed by atoms with E-state index in [0.717, 1.165) is 43.0 Å². The first-order valence-electron chi connectivity index (χ1n) is 13.7. The summed E-state index contributed by atoms with van der Waals surface area (Å²) in [6, 6.07) is 42.5. The maximum absolute atomic E-state index is 13.9. The molecule has 0 amide bonds. The zero-order valence-electron chi connectivity index (χ0n) is 23.0. The fourth-order valence-electron chi connectivity index (χ4n) is 5.18. The van der Waals surface area contributed by atoms with Crippen molar-refractivity contribution in [2.24, 2.45) is 0 Å². The average Bonchev–Trinajstić information content (AvgIpc) is 3.03. The fourth-order valence-corrected chi connectivity index (χ4v) is 10.0. The van der Waals surface area contributed by atoms with Crippen molar-refractivity contribution < 1.29 is 17.6 Å². The summed E-state index contributed by atoms with van der Waals surface area (Å²) in [5.74, 6) is -1.24. The van der Waals surface area contributed by atoms with E-state index < -0.39 is 15.8 Å². The molecule has 0 saturated carbocycles. The van der Waals surface area contributed by atoms with Crippen molar-refractivity contribution in [2.75, 3.05) is 0 Å². The first-order chi connectivity index (χ1) is 21.0. The molecule has 0 aliphatic carbocycles. The summed E-state index contributed by atoms with van der Waals surface area (Å²) < 4.78 is 55.7. The molecule has 0 N–H and O–H groups in total. The summed E-state index contributed by atoms with van der Waals surface area (Å²) in [5, 5.41) is 6.04. The normalized spacial score (nSPS) is 11.3. The molecule has 0 nitrogen and oxygen atoms in total. The van der Waals surface area contributed by atoms with E-state index in [2.05, 4.69) is 24.3 Å². The maximum Gasteiger partial charge on any atom is 0.123 e. The van der Waals surface area contributed by atoms with Gasteiger partial charge in [0.15, 0.2) is 0 Å². The lowest BCUT2D eigenvalue weighted by Crippen LogP contribution is -2.26. The van der Waals surface area contributed by atoms with Crippen molar-refractivity contribution in [3.8, 4) is 0 Å². The molecule has 0 aromatic heterocycles. The molecule has 0 unspecified atom stereocenters. The van der Waals surface area contributed by atoms with Crippen LogP contribution >= 0.6 is 15.8 Å². The highest BCUT2D eigenvalue weighted by molar-refractivity contribution is 7.80. The molecule has 6 aromatic rings. The molecule has 0 spiro atoms. The highest BCUT2D eigenvalue weighted by Gasteiger charge is 2.23. The monoisotopic (exact) mass is 608 g/mol. The fraction of sp³-hybridized carbons (Fsp3) is 0.0270. The van der Waals surface area contributed by atoms with Gasteiger partial charge in [-0.2, -0.15) is 0 Å². The van der Waals surface area contributed by atoms with Crippen LogP contribution in [0.15, 0.2) is 146 Å². The van der Waals surface area contributed by atoms with Gasteiger partial charge in [-0.3, -0.25) is 0 Å². The second kappa shape index (κ2) is 13.0.